The summed E-state index contributed by atoms with van der Waals surface area (Å²) in [5.74, 6) is 1.45. The fourth-order valence-electron chi connectivity index (χ4n) is 5.40. The van der Waals surface area contributed by atoms with Gasteiger partial charge in [0.1, 0.15) is 0 Å². The monoisotopic (exact) mass is 464 g/mol. The molecule has 2 aliphatic rings. The standard InChI is InChI=1S/C25H46N2P2Si/c1-25(2,3)24-20(19(17-28)13-14-21(24)30(4,5)6)18-29(22-11-7-9-15-26-22)23-12-8-10-16-27-23/h13-14,22-23,26-27H,7-12,15-18,28H2,1-6H3. The molecule has 2 aliphatic heterocycles. The van der Waals surface area contributed by atoms with Crippen LogP contribution in [0, 0.1) is 0 Å². The van der Waals surface area contributed by atoms with E-state index in [0.717, 1.165) is 17.7 Å². The minimum absolute atomic E-state index is 0.123. The lowest BCUT2D eigenvalue weighted by Crippen LogP contribution is -2.45. The molecule has 1 aromatic carbocycles. The minimum atomic E-state index is -1.42. The first-order valence-corrected chi connectivity index (χ1v) is 18.2. The Labute approximate surface area is 191 Å². The summed E-state index contributed by atoms with van der Waals surface area (Å²) in [5, 5.41) is 9.63. The van der Waals surface area contributed by atoms with Crippen LogP contribution in [0.4, 0.5) is 0 Å². The molecule has 5 heteroatoms. The first kappa shape index (κ1) is 24.9. The Bertz CT molecular complexity index is 678. The fraction of sp³-hybridized carbons (Fsp3) is 0.760. The SMILES string of the molecule is CC(C)(C)c1c([Si](C)(C)C)ccc(CP)c1CP(C1CCCCN1)C1CCCCN1. The Morgan fingerprint density at radius 1 is 0.967 bits per heavy atom. The molecule has 0 amide bonds. The second-order valence-corrected chi connectivity index (χ2v) is 19.5. The molecule has 2 fully saturated rings. The lowest BCUT2D eigenvalue weighted by molar-refractivity contribution is 0.455. The van der Waals surface area contributed by atoms with Gasteiger partial charge >= 0.3 is 0 Å². The van der Waals surface area contributed by atoms with E-state index in [0.29, 0.717) is 0 Å². The molecule has 1 aromatic rings. The van der Waals surface area contributed by atoms with E-state index in [4.69, 9.17) is 0 Å². The van der Waals surface area contributed by atoms with E-state index in [9.17, 15) is 0 Å². The van der Waals surface area contributed by atoms with Crippen LogP contribution < -0.4 is 15.8 Å². The second-order valence-electron chi connectivity index (χ2n) is 11.4. The summed E-state index contributed by atoms with van der Waals surface area (Å²) in [6, 6.07) is 4.97. The van der Waals surface area contributed by atoms with Gasteiger partial charge < -0.3 is 10.6 Å². The van der Waals surface area contributed by atoms with Crippen LogP contribution in [0.3, 0.4) is 0 Å². The van der Waals surface area contributed by atoms with Gasteiger partial charge in [0, 0.05) is 11.6 Å². The van der Waals surface area contributed by atoms with Crippen molar-refractivity contribution in [2.45, 2.75) is 108 Å². The van der Waals surface area contributed by atoms with E-state index in [2.05, 4.69) is 72.4 Å². The number of piperidine rings is 2. The lowest BCUT2D eigenvalue weighted by Gasteiger charge is -2.41. The Kier molecular flexibility index (Phi) is 8.64. The van der Waals surface area contributed by atoms with Gasteiger partial charge in [0.15, 0.2) is 0 Å². The van der Waals surface area contributed by atoms with E-state index in [-0.39, 0.29) is 13.3 Å². The molecule has 3 atom stereocenters. The third kappa shape index (κ3) is 5.96. The summed E-state index contributed by atoms with van der Waals surface area (Å²) in [4.78, 5) is 0. The average Bonchev–Trinajstić information content (AvgIpc) is 2.71. The van der Waals surface area contributed by atoms with Crippen molar-refractivity contribution >= 4 is 30.4 Å². The number of hydrogen-bond donors (Lipinski definition) is 2. The van der Waals surface area contributed by atoms with E-state index in [1.165, 1.54) is 57.8 Å². The minimum Gasteiger partial charge on any atom is -0.310 e. The third-order valence-electron chi connectivity index (χ3n) is 6.90. The summed E-state index contributed by atoms with van der Waals surface area (Å²) >= 11 is 0. The fourth-order valence-corrected chi connectivity index (χ4v) is 11.0. The molecule has 0 bridgehead atoms. The van der Waals surface area contributed by atoms with Crippen molar-refractivity contribution in [2.24, 2.45) is 0 Å². The van der Waals surface area contributed by atoms with Crippen LogP contribution in [-0.4, -0.2) is 32.7 Å². The van der Waals surface area contributed by atoms with Crippen molar-refractivity contribution in [2.75, 3.05) is 13.1 Å². The Morgan fingerprint density at radius 2 is 1.53 bits per heavy atom. The van der Waals surface area contributed by atoms with E-state index in [1.807, 2.05) is 0 Å². The topological polar surface area (TPSA) is 24.1 Å². The second kappa shape index (κ2) is 10.4. The number of benzene rings is 1. The van der Waals surface area contributed by atoms with Crippen molar-refractivity contribution in [3.8, 4) is 0 Å². The molecule has 0 spiro atoms. The van der Waals surface area contributed by atoms with Gasteiger partial charge in [0.05, 0.1) is 8.07 Å². The summed E-state index contributed by atoms with van der Waals surface area (Å²) in [6.45, 7) is 17.3. The molecule has 2 N–H and O–H groups in total. The molecule has 30 heavy (non-hydrogen) atoms. The molecule has 0 saturated carbocycles. The van der Waals surface area contributed by atoms with Gasteiger partial charge in [-0.15, -0.1) is 9.24 Å². The van der Waals surface area contributed by atoms with Gasteiger partial charge in [-0.2, -0.15) is 0 Å². The molecular weight excluding hydrogens is 418 g/mol. The summed E-state index contributed by atoms with van der Waals surface area (Å²) in [6.07, 6.45) is 10.6. The first-order chi connectivity index (χ1) is 14.1. The number of hydrogen-bond acceptors (Lipinski definition) is 2. The van der Waals surface area contributed by atoms with E-state index in [1.54, 1.807) is 21.9 Å². The highest BCUT2D eigenvalue weighted by molar-refractivity contribution is 7.58. The highest BCUT2D eigenvalue weighted by Crippen LogP contribution is 2.53. The van der Waals surface area contributed by atoms with Gasteiger partial charge in [-0.3, -0.25) is 0 Å². The van der Waals surface area contributed by atoms with Crippen molar-refractivity contribution in [1.82, 2.24) is 10.6 Å². The van der Waals surface area contributed by atoms with Crippen LogP contribution in [0.1, 0.15) is 76.0 Å². The summed E-state index contributed by atoms with van der Waals surface area (Å²) < 4.78 is 0. The maximum absolute atomic E-state index is 3.97. The molecule has 2 nitrogen and oxygen atoms in total. The van der Waals surface area contributed by atoms with Crippen molar-refractivity contribution in [3.05, 3.63) is 28.8 Å². The smallest absolute Gasteiger partial charge is 0.0779 e. The Hall–Kier alpha value is 0.217. The molecular formula is C25H46N2P2Si. The average molecular weight is 465 g/mol. The van der Waals surface area contributed by atoms with Crippen LogP contribution in [0.15, 0.2) is 12.1 Å². The van der Waals surface area contributed by atoms with E-state index < -0.39 is 8.07 Å². The molecule has 0 radical (unpaired) electrons. The molecule has 170 valence electrons. The van der Waals surface area contributed by atoms with Crippen LogP contribution >= 0.6 is 17.2 Å². The largest absolute Gasteiger partial charge is 0.310 e. The van der Waals surface area contributed by atoms with Gasteiger partial charge in [-0.05, 0) is 73.2 Å². The quantitative estimate of drug-likeness (QED) is 0.393. The lowest BCUT2D eigenvalue weighted by atomic mass is 9.82. The predicted octanol–water partition coefficient (Wildman–Crippen LogP) is 6.09. The highest BCUT2D eigenvalue weighted by atomic mass is 31.1. The molecule has 2 saturated heterocycles. The van der Waals surface area contributed by atoms with E-state index >= 15 is 0 Å². The summed E-state index contributed by atoms with van der Waals surface area (Å²) in [7, 11) is 1.49. The van der Waals surface area contributed by atoms with Crippen LogP contribution in [0.5, 0.6) is 0 Å². The summed E-state index contributed by atoms with van der Waals surface area (Å²) in [5.41, 5.74) is 5.18. The van der Waals surface area contributed by atoms with Gasteiger partial charge in [-0.25, -0.2) is 0 Å². The van der Waals surface area contributed by atoms with Gasteiger partial charge in [-0.1, -0.05) is 78.5 Å². The molecule has 2 heterocycles. The third-order valence-corrected chi connectivity index (χ3v) is 12.5. The zero-order chi connectivity index (χ0) is 21.9. The molecule has 0 aliphatic carbocycles. The zero-order valence-electron chi connectivity index (χ0n) is 20.4. The number of rotatable bonds is 6. The maximum atomic E-state index is 3.97. The molecule has 0 aromatic heterocycles. The van der Waals surface area contributed by atoms with Gasteiger partial charge in [0.2, 0.25) is 0 Å². The number of nitrogens with one attached hydrogen (secondary N) is 2. The van der Waals surface area contributed by atoms with Gasteiger partial charge in [0.25, 0.3) is 0 Å². The zero-order valence-corrected chi connectivity index (χ0v) is 23.5. The van der Waals surface area contributed by atoms with Crippen molar-refractivity contribution in [3.63, 3.8) is 0 Å². The highest BCUT2D eigenvalue weighted by Gasteiger charge is 2.35. The maximum Gasteiger partial charge on any atom is 0.0779 e. The van der Waals surface area contributed by atoms with Crippen molar-refractivity contribution in [1.29, 1.82) is 0 Å². The molecule has 3 rings (SSSR count). The first-order valence-electron chi connectivity index (χ1n) is 12.2. The molecule has 3 unspecified atom stereocenters. The normalized spacial score (nSPS) is 24.6. The van der Waals surface area contributed by atoms with Crippen molar-refractivity contribution < 1.29 is 0 Å². The predicted molar refractivity (Wildman–Crippen MR) is 143 cm³/mol. The van der Waals surface area contributed by atoms with Crippen LogP contribution in [0.2, 0.25) is 19.6 Å². The van der Waals surface area contributed by atoms with Crippen LogP contribution in [-0.2, 0) is 17.7 Å². The Balaban J connectivity index is 2.08. The Morgan fingerprint density at radius 3 is 1.93 bits per heavy atom. The van der Waals surface area contributed by atoms with Crippen LogP contribution in [0.25, 0.3) is 0 Å².